The summed E-state index contributed by atoms with van der Waals surface area (Å²) in [5, 5.41) is 8.97. The summed E-state index contributed by atoms with van der Waals surface area (Å²) in [7, 11) is 1.72. The van der Waals surface area contributed by atoms with E-state index in [2.05, 4.69) is 15.0 Å². The van der Waals surface area contributed by atoms with E-state index in [9.17, 15) is 18.0 Å². The number of pyridine rings is 1. The molecule has 2 aliphatic rings. The highest BCUT2D eigenvalue weighted by molar-refractivity contribution is 6.00. The van der Waals surface area contributed by atoms with Gasteiger partial charge in [0.05, 0.1) is 35.2 Å². The lowest BCUT2D eigenvalue weighted by molar-refractivity contribution is 0.0562. The van der Waals surface area contributed by atoms with Crippen LogP contribution >= 0.6 is 0 Å². The van der Waals surface area contributed by atoms with Gasteiger partial charge in [0, 0.05) is 49.0 Å². The highest BCUT2D eigenvalue weighted by atomic mass is 19.2. The average molecular weight is 493 g/mol. The lowest BCUT2D eigenvalue weighted by Gasteiger charge is -2.45. The molecular weight excluding hydrogens is 469 g/mol. The van der Waals surface area contributed by atoms with Gasteiger partial charge in [-0.2, -0.15) is 10.2 Å². The summed E-state index contributed by atoms with van der Waals surface area (Å²) in [5.41, 5.74) is 3.70. The molecule has 36 heavy (non-hydrogen) atoms. The minimum Gasteiger partial charge on any atom is -0.293 e. The number of carbonyl (C=O) groups is 1. The Kier molecular flexibility index (Phi) is 5.48. The van der Waals surface area contributed by atoms with Crippen LogP contribution in [-0.4, -0.2) is 47.8 Å². The van der Waals surface area contributed by atoms with Crippen LogP contribution in [0.2, 0.25) is 0 Å². The second-order valence-electron chi connectivity index (χ2n) is 9.33. The van der Waals surface area contributed by atoms with Gasteiger partial charge in [0.15, 0.2) is 23.2 Å². The van der Waals surface area contributed by atoms with Crippen LogP contribution in [-0.2, 0) is 13.5 Å². The number of hydrogen-bond donors (Lipinski definition) is 0. The number of rotatable bonds is 5. The first kappa shape index (κ1) is 22.7. The SMILES string of the molecule is Cn1nc2c(c1-c1cc(F)c(F)c(F)c1)C[C@@H]1CCC[C@H]2N1CC(=O)c1cnccc1-n1cccn1. The highest BCUT2D eigenvalue weighted by Crippen LogP contribution is 2.44. The number of ketones is 1. The first-order valence-electron chi connectivity index (χ1n) is 11.9. The van der Waals surface area contributed by atoms with Gasteiger partial charge < -0.3 is 0 Å². The summed E-state index contributed by atoms with van der Waals surface area (Å²) in [4.78, 5) is 19.9. The quantitative estimate of drug-likeness (QED) is 0.305. The Morgan fingerprint density at radius 2 is 1.94 bits per heavy atom. The van der Waals surface area contributed by atoms with E-state index in [0.29, 0.717) is 23.4 Å². The molecule has 0 spiro atoms. The number of nitrogens with zero attached hydrogens (tertiary/aromatic N) is 6. The standard InChI is InChI=1S/C26H23F3N6O/c1-33-26(15-10-19(27)24(29)20(28)11-15)17-12-16-4-2-5-22(25(17)32-33)34(16)14-23(36)18-13-30-8-6-21(18)35-9-3-7-31-35/h3,6-11,13,16,22H,2,4-5,12,14H2,1H3/t16-,22+/m0/s1. The third kappa shape index (κ3) is 3.63. The van der Waals surface area contributed by atoms with Crippen molar-refractivity contribution in [2.45, 2.75) is 37.8 Å². The van der Waals surface area contributed by atoms with E-state index < -0.39 is 17.5 Å². The van der Waals surface area contributed by atoms with Gasteiger partial charge in [-0.1, -0.05) is 0 Å². The smallest absolute Gasteiger partial charge is 0.194 e. The van der Waals surface area contributed by atoms with Gasteiger partial charge in [0.1, 0.15) is 0 Å². The molecule has 10 heteroatoms. The maximum Gasteiger partial charge on any atom is 0.194 e. The molecule has 0 amide bonds. The molecule has 2 atom stereocenters. The molecule has 5 heterocycles. The number of aryl methyl sites for hydroxylation is 1. The summed E-state index contributed by atoms with van der Waals surface area (Å²) in [6.07, 6.45) is 9.93. The third-order valence-corrected chi connectivity index (χ3v) is 7.25. The van der Waals surface area contributed by atoms with Gasteiger partial charge in [0.2, 0.25) is 0 Å². The van der Waals surface area contributed by atoms with Crippen molar-refractivity contribution in [1.29, 1.82) is 0 Å². The zero-order valence-electron chi connectivity index (χ0n) is 19.5. The number of carbonyl (C=O) groups excluding carboxylic acids is 1. The molecule has 0 saturated carbocycles. The van der Waals surface area contributed by atoms with Gasteiger partial charge in [-0.05, 0) is 49.9 Å². The predicted molar refractivity (Wildman–Crippen MR) is 125 cm³/mol. The van der Waals surface area contributed by atoms with Crippen LogP contribution in [0, 0.1) is 17.5 Å². The number of fused-ring (bicyclic) bond motifs is 4. The minimum atomic E-state index is -1.48. The summed E-state index contributed by atoms with van der Waals surface area (Å²) in [5.74, 6) is -4.01. The van der Waals surface area contributed by atoms with Crippen molar-refractivity contribution in [1.82, 2.24) is 29.4 Å². The first-order chi connectivity index (χ1) is 17.4. The van der Waals surface area contributed by atoms with E-state index in [1.54, 1.807) is 53.3 Å². The van der Waals surface area contributed by atoms with Crippen molar-refractivity contribution in [3.8, 4) is 16.9 Å². The number of aromatic nitrogens is 5. The Balaban J connectivity index is 1.35. The topological polar surface area (TPSA) is 68.8 Å². The third-order valence-electron chi connectivity index (χ3n) is 7.25. The highest BCUT2D eigenvalue weighted by Gasteiger charge is 2.42. The van der Waals surface area contributed by atoms with Crippen LogP contribution in [0.3, 0.4) is 0 Å². The fourth-order valence-electron chi connectivity index (χ4n) is 5.70. The van der Waals surface area contributed by atoms with E-state index in [0.717, 1.165) is 42.7 Å². The van der Waals surface area contributed by atoms with E-state index in [1.807, 2.05) is 0 Å². The van der Waals surface area contributed by atoms with E-state index in [-0.39, 0.29) is 30.0 Å². The van der Waals surface area contributed by atoms with Crippen LogP contribution in [0.5, 0.6) is 0 Å². The zero-order valence-corrected chi connectivity index (χ0v) is 19.5. The van der Waals surface area contributed by atoms with Crippen molar-refractivity contribution in [3.05, 3.63) is 83.3 Å². The van der Waals surface area contributed by atoms with Gasteiger partial charge in [0.25, 0.3) is 0 Å². The van der Waals surface area contributed by atoms with Crippen LogP contribution in [0.25, 0.3) is 16.9 Å². The molecule has 2 bridgehead atoms. The summed E-state index contributed by atoms with van der Waals surface area (Å²) < 4.78 is 44.9. The fraction of sp³-hybridized carbons (Fsp3) is 0.308. The molecule has 6 rings (SSSR count). The maximum atomic E-state index is 14.0. The van der Waals surface area contributed by atoms with Crippen LogP contribution < -0.4 is 0 Å². The van der Waals surface area contributed by atoms with E-state index in [4.69, 9.17) is 5.10 Å². The largest absolute Gasteiger partial charge is 0.293 e. The van der Waals surface area contributed by atoms with Crippen molar-refractivity contribution in [2.75, 3.05) is 6.54 Å². The molecule has 2 aliphatic heterocycles. The lowest BCUT2D eigenvalue weighted by atomic mass is 9.81. The number of Topliss-reactive ketones (excluding diaryl/α,β-unsaturated/α-hetero) is 1. The van der Waals surface area contributed by atoms with Gasteiger partial charge in [-0.3, -0.25) is 19.4 Å². The molecule has 7 nitrogen and oxygen atoms in total. The predicted octanol–water partition coefficient (Wildman–Crippen LogP) is 4.42. The molecule has 4 aromatic rings. The van der Waals surface area contributed by atoms with Crippen molar-refractivity contribution < 1.29 is 18.0 Å². The molecule has 184 valence electrons. The van der Waals surface area contributed by atoms with E-state index in [1.165, 1.54) is 0 Å². The molecule has 1 aromatic carbocycles. The van der Waals surface area contributed by atoms with Crippen molar-refractivity contribution >= 4 is 5.78 Å². The molecule has 0 radical (unpaired) electrons. The van der Waals surface area contributed by atoms with Crippen molar-refractivity contribution in [2.24, 2.45) is 7.05 Å². The molecule has 1 saturated heterocycles. The van der Waals surface area contributed by atoms with Gasteiger partial charge in [-0.25, -0.2) is 17.9 Å². The summed E-state index contributed by atoms with van der Waals surface area (Å²) in [6.45, 7) is 0.195. The van der Waals surface area contributed by atoms with E-state index >= 15 is 0 Å². The Hall–Kier alpha value is -3.79. The molecule has 0 N–H and O–H groups in total. The van der Waals surface area contributed by atoms with Gasteiger partial charge in [-0.15, -0.1) is 0 Å². The van der Waals surface area contributed by atoms with Crippen LogP contribution in [0.1, 0.15) is 46.9 Å². The number of piperidine rings is 1. The molecular formula is C26H23F3N6O. The summed E-state index contributed by atoms with van der Waals surface area (Å²) in [6, 6.07) is 5.56. The molecule has 1 fully saturated rings. The Bertz CT molecular complexity index is 1440. The number of halogens is 3. The number of benzene rings is 1. The molecule has 0 aliphatic carbocycles. The minimum absolute atomic E-state index is 0.0622. The van der Waals surface area contributed by atoms with Crippen LogP contribution in [0.4, 0.5) is 13.2 Å². The lowest BCUT2D eigenvalue weighted by Crippen LogP contribution is -2.48. The molecule has 3 aromatic heterocycles. The molecule has 0 unspecified atom stereocenters. The second-order valence-corrected chi connectivity index (χ2v) is 9.33. The monoisotopic (exact) mass is 492 g/mol. The Morgan fingerprint density at radius 3 is 2.69 bits per heavy atom. The normalized spacial score (nSPS) is 19.3. The Labute approximate surface area is 205 Å². The number of hydrogen-bond acceptors (Lipinski definition) is 5. The zero-order chi connectivity index (χ0) is 25.0. The van der Waals surface area contributed by atoms with Crippen LogP contribution in [0.15, 0.2) is 49.1 Å². The Morgan fingerprint density at radius 1 is 1.14 bits per heavy atom. The second kappa shape index (κ2) is 8.70. The first-order valence-corrected chi connectivity index (χ1v) is 11.9. The fourth-order valence-corrected chi connectivity index (χ4v) is 5.70. The van der Waals surface area contributed by atoms with Crippen molar-refractivity contribution in [3.63, 3.8) is 0 Å². The summed E-state index contributed by atoms with van der Waals surface area (Å²) >= 11 is 0. The van der Waals surface area contributed by atoms with Gasteiger partial charge >= 0.3 is 0 Å². The average Bonchev–Trinajstić information content (AvgIpc) is 3.50. The maximum absolute atomic E-state index is 14.0.